The number of esters is 3. The summed E-state index contributed by atoms with van der Waals surface area (Å²) < 4.78 is 17.2. The number of rotatable bonds is 35. The number of hydrogen-bond acceptors (Lipinski definition) is 7. The zero-order valence-electron chi connectivity index (χ0n) is 34.3. The van der Waals surface area contributed by atoms with E-state index in [-0.39, 0.29) is 24.0 Å². The molecule has 0 saturated heterocycles. The SMILES string of the molecule is CCCCCC(CCCCC)CCOC(=O)CCCCCCCC(CCCCCCCC(=O)OCC1CC[C@H](CC)C1)OC(=O)CCCN(C)C. The minimum absolute atomic E-state index is 0.0162. The molecule has 0 aromatic carbocycles. The maximum Gasteiger partial charge on any atom is 0.306 e. The van der Waals surface area contributed by atoms with E-state index in [0.717, 1.165) is 102 Å². The van der Waals surface area contributed by atoms with Crippen molar-refractivity contribution in [3.63, 3.8) is 0 Å². The molecule has 1 fully saturated rings. The lowest BCUT2D eigenvalue weighted by atomic mass is 9.92. The van der Waals surface area contributed by atoms with Gasteiger partial charge in [0.15, 0.2) is 0 Å². The fourth-order valence-corrected chi connectivity index (χ4v) is 7.58. The van der Waals surface area contributed by atoms with E-state index in [1.165, 1.54) is 77.0 Å². The predicted octanol–water partition coefficient (Wildman–Crippen LogP) is 11.8. The smallest absolute Gasteiger partial charge is 0.306 e. The van der Waals surface area contributed by atoms with Crippen LogP contribution in [0.1, 0.15) is 207 Å². The second-order valence-corrected chi connectivity index (χ2v) is 16.1. The van der Waals surface area contributed by atoms with Crippen LogP contribution in [0, 0.1) is 17.8 Å². The first-order valence-corrected chi connectivity index (χ1v) is 21.9. The lowest BCUT2D eigenvalue weighted by Gasteiger charge is -2.18. The minimum atomic E-state index is -0.0741. The Morgan fingerprint density at radius 2 is 1.08 bits per heavy atom. The number of carbonyl (C=O) groups is 3. The summed E-state index contributed by atoms with van der Waals surface area (Å²) in [5, 5.41) is 0. The second kappa shape index (κ2) is 33.0. The molecule has 0 radical (unpaired) electrons. The Bertz CT molecular complexity index is 837. The highest BCUT2D eigenvalue weighted by atomic mass is 16.5. The molecule has 0 bridgehead atoms. The number of ether oxygens (including phenoxy) is 3. The molecule has 3 atom stereocenters. The summed E-state index contributed by atoms with van der Waals surface area (Å²) in [6, 6.07) is 0. The summed E-state index contributed by atoms with van der Waals surface area (Å²) in [5.74, 6) is 1.93. The number of hydrogen-bond donors (Lipinski definition) is 0. The fraction of sp³-hybridized carbons (Fsp3) is 0.932. The first kappa shape index (κ1) is 47.4. The van der Waals surface area contributed by atoms with Crippen molar-refractivity contribution < 1.29 is 28.6 Å². The van der Waals surface area contributed by atoms with Crippen LogP contribution in [-0.2, 0) is 28.6 Å². The summed E-state index contributed by atoms with van der Waals surface area (Å²) in [7, 11) is 4.05. The Labute approximate surface area is 315 Å². The molecule has 0 aliphatic heterocycles. The van der Waals surface area contributed by atoms with Gasteiger partial charge in [0, 0.05) is 19.3 Å². The van der Waals surface area contributed by atoms with E-state index in [9.17, 15) is 14.4 Å². The molecule has 0 aromatic rings. The summed E-state index contributed by atoms with van der Waals surface area (Å²) >= 11 is 0. The first-order valence-electron chi connectivity index (χ1n) is 21.9. The van der Waals surface area contributed by atoms with Gasteiger partial charge in [-0.1, -0.05) is 124 Å². The summed E-state index contributed by atoms with van der Waals surface area (Å²) in [5.41, 5.74) is 0. The third-order valence-electron chi connectivity index (χ3n) is 11.0. The molecule has 2 unspecified atom stereocenters. The number of nitrogens with zero attached hydrogens (tertiary/aromatic N) is 1. The van der Waals surface area contributed by atoms with Gasteiger partial charge < -0.3 is 19.1 Å². The Morgan fingerprint density at radius 3 is 1.63 bits per heavy atom. The van der Waals surface area contributed by atoms with Crippen molar-refractivity contribution >= 4 is 17.9 Å². The Morgan fingerprint density at radius 1 is 0.569 bits per heavy atom. The van der Waals surface area contributed by atoms with Gasteiger partial charge in [-0.15, -0.1) is 0 Å². The van der Waals surface area contributed by atoms with Crippen molar-refractivity contribution in [2.45, 2.75) is 213 Å². The van der Waals surface area contributed by atoms with Crippen LogP contribution in [0.4, 0.5) is 0 Å². The monoisotopic (exact) mass is 722 g/mol. The van der Waals surface area contributed by atoms with Gasteiger partial charge in [-0.25, -0.2) is 0 Å². The Kier molecular flexibility index (Phi) is 30.6. The van der Waals surface area contributed by atoms with Gasteiger partial charge in [-0.2, -0.15) is 0 Å². The summed E-state index contributed by atoms with van der Waals surface area (Å²) in [6.45, 7) is 8.84. The lowest BCUT2D eigenvalue weighted by molar-refractivity contribution is -0.150. The lowest BCUT2D eigenvalue weighted by Crippen LogP contribution is -2.20. The highest BCUT2D eigenvalue weighted by molar-refractivity contribution is 5.70. The fourth-order valence-electron chi connectivity index (χ4n) is 7.58. The van der Waals surface area contributed by atoms with Gasteiger partial charge in [0.2, 0.25) is 0 Å². The van der Waals surface area contributed by atoms with Crippen molar-refractivity contribution in [1.82, 2.24) is 4.90 Å². The van der Waals surface area contributed by atoms with Crippen LogP contribution in [0.5, 0.6) is 0 Å². The van der Waals surface area contributed by atoms with Gasteiger partial charge in [0.25, 0.3) is 0 Å². The largest absolute Gasteiger partial charge is 0.466 e. The standard InChI is InChI=1S/C44H83NO6/c1-6-9-17-24-39(25-18-10-7-2)33-35-49-42(46)28-21-15-11-13-19-26-41(51-44(48)30-23-34-45(4)5)27-20-14-12-16-22-29-43(47)50-37-40-32-31-38(8-3)36-40/h38-41H,6-37H2,1-5H3/t38-,40?,41?/m0/s1. The molecule has 51 heavy (non-hydrogen) atoms. The highest BCUT2D eigenvalue weighted by Crippen LogP contribution is 2.33. The average Bonchev–Trinajstić information content (AvgIpc) is 3.57. The van der Waals surface area contributed by atoms with Crippen molar-refractivity contribution in [1.29, 1.82) is 0 Å². The van der Waals surface area contributed by atoms with Gasteiger partial charge in [-0.3, -0.25) is 14.4 Å². The van der Waals surface area contributed by atoms with Crippen LogP contribution in [0.25, 0.3) is 0 Å². The van der Waals surface area contributed by atoms with E-state index in [1.54, 1.807) is 0 Å². The molecule has 7 nitrogen and oxygen atoms in total. The van der Waals surface area contributed by atoms with Crippen molar-refractivity contribution in [2.24, 2.45) is 17.8 Å². The molecule has 1 aliphatic carbocycles. The maximum atomic E-state index is 12.6. The van der Waals surface area contributed by atoms with E-state index in [4.69, 9.17) is 14.2 Å². The maximum absolute atomic E-state index is 12.6. The van der Waals surface area contributed by atoms with Crippen LogP contribution in [-0.4, -0.2) is 62.8 Å². The van der Waals surface area contributed by atoms with Gasteiger partial charge >= 0.3 is 17.9 Å². The van der Waals surface area contributed by atoms with E-state index in [1.807, 2.05) is 14.1 Å². The molecule has 0 spiro atoms. The van der Waals surface area contributed by atoms with Crippen molar-refractivity contribution in [3.05, 3.63) is 0 Å². The van der Waals surface area contributed by atoms with Gasteiger partial charge in [-0.05, 0) is 103 Å². The average molecular weight is 722 g/mol. The zero-order valence-corrected chi connectivity index (χ0v) is 34.3. The Balaban J connectivity index is 2.22. The molecule has 7 heteroatoms. The third kappa shape index (κ3) is 28.5. The normalized spacial score (nSPS) is 16.5. The second-order valence-electron chi connectivity index (χ2n) is 16.1. The minimum Gasteiger partial charge on any atom is -0.466 e. The van der Waals surface area contributed by atoms with E-state index in [0.29, 0.717) is 44.3 Å². The van der Waals surface area contributed by atoms with E-state index >= 15 is 0 Å². The van der Waals surface area contributed by atoms with Crippen molar-refractivity contribution in [3.8, 4) is 0 Å². The zero-order chi connectivity index (χ0) is 37.4. The molecule has 300 valence electrons. The predicted molar refractivity (Wildman–Crippen MR) is 212 cm³/mol. The molecule has 0 heterocycles. The number of unbranched alkanes of at least 4 members (excludes halogenated alkanes) is 12. The van der Waals surface area contributed by atoms with Crippen molar-refractivity contribution in [2.75, 3.05) is 33.9 Å². The van der Waals surface area contributed by atoms with E-state index in [2.05, 4.69) is 25.7 Å². The molecule has 1 rings (SSSR count). The molecule has 0 amide bonds. The van der Waals surface area contributed by atoms with Crippen LogP contribution in [0.3, 0.4) is 0 Å². The topological polar surface area (TPSA) is 82.1 Å². The third-order valence-corrected chi connectivity index (χ3v) is 11.0. The summed E-state index contributed by atoms with van der Waals surface area (Å²) in [4.78, 5) is 39.2. The molecule has 0 N–H and O–H groups in total. The van der Waals surface area contributed by atoms with Crippen LogP contribution in [0.15, 0.2) is 0 Å². The van der Waals surface area contributed by atoms with Crippen LogP contribution < -0.4 is 0 Å². The molecule has 0 aromatic heterocycles. The first-order chi connectivity index (χ1) is 24.8. The Hall–Kier alpha value is -1.63. The van der Waals surface area contributed by atoms with Gasteiger partial charge in [0.05, 0.1) is 13.2 Å². The van der Waals surface area contributed by atoms with Gasteiger partial charge in [0.1, 0.15) is 6.10 Å². The van der Waals surface area contributed by atoms with Crippen LogP contribution >= 0.6 is 0 Å². The number of carbonyl (C=O) groups excluding carboxylic acids is 3. The molecular weight excluding hydrogens is 638 g/mol. The molecular formula is C44H83NO6. The molecule has 1 aliphatic rings. The quantitative estimate of drug-likeness (QED) is 0.0366. The van der Waals surface area contributed by atoms with Crippen LogP contribution in [0.2, 0.25) is 0 Å². The highest BCUT2D eigenvalue weighted by Gasteiger charge is 2.24. The molecule has 1 saturated carbocycles. The summed E-state index contributed by atoms with van der Waals surface area (Å²) in [6.07, 6.45) is 30.6. The van der Waals surface area contributed by atoms with E-state index < -0.39 is 0 Å².